The van der Waals surface area contributed by atoms with Crippen molar-refractivity contribution in [2.24, 2.45) is 13.0 Å². The second-order valence-corrected chi connectivity index (χ2v) is 7.77. The van der Waals surface area contributed by atoms with E-state index in [4.69, 9.17) is 4.74 Å². The van der Waals surface area contributed by atoms with Gasteiger partial charge in [0.2, 0.25) is 0 Å². The number of likely N-dealkylation sites (tertiary alicyclic amines) is 1. The van der Waals surface area contributed by atoms with Crippen LogP contribution in [0.3, 0.4) is 0 Å². The van der Waals surface area contributed by atoms with Crippen LogP contribution in [0.2, 0.25) is 0 Å². The summed E-state index contributed by atoms with van der Waals surface area (Å²) in [5.74, 6) is 0.580. The highest BCUT2D eigenvalue weighted by molar-refractivity contribution is 5.70. The number of nitrogens with zero attached hydrogens (tertiary/aromatic N) is 4. The van der Waals surface area contributed by atoms with Crippen molar-refractivity contribution in [1.29, 1.82) is 0 Å². The van der Waals surface area contributed by atoms with Gasteiger partial charge in [0.05, 0.1) is 12.7 Å². The third-order valence-electron chi connectivity index (χ3n) is 6.17. The van der Waals surface area contributed by atoms with Crippen LogP contribution in [0.25, 0.3) is 0 Å². The minimum Gasteiger partial charge on any atom is -0.441 e. The highest BCUT2D eigenvalue weighted by atomic mass is 16.6. The molecule has 2 saturated heterocycles. The Morgan fingerprint density at radius 3 is 2.52 bits per heavy atom. The van der Waals surface area contributed by atoms with Gasteiger partial charge in [-0.15, -0.1) is 0 Å². The van der Waals surface area contributed by atoms with Gasteiger partial charge in [-0.3, -0.25) is 9.58 Å². The first-order valence-corrected chi connectivity index (χ1v) is 9.64. The molecule has 3 rings (SSSR count). The summed E-state index contributed by atoms with van der Waals surface area (Å²) in [6, 6.07) is 0. The van der Waals surface area contributed by atoms with E-state index in [-0.39, 0.29) is 11.7 Å². The first kappa shape index (κ1) is 18.2. The summed E-state index contributed by atoms with van der Waals surface area (Å²) in [6.45, 7) is 11.0. The number of carbonyl (C=O) groups excluding carboxylic acids is 1. The van der Waals surface area contributed by atoms with E-state index in [1.165, 1.54) is 11.3 Å². The lowest BCUT2D eigenvalue weighted by molar-refractivity contribution is -0.00130. The van der Waals surface area contributed by atoms with Crippen LogP contribution in [0.1, 0.15) is 50.8 Å². The molecular formula is C19H32N4O2. The van der Waals surface area contributed by atoms with Crippen LogP contribution < -0.4 is 0 Å². The van der Waals surface area contributed by atoms with E-state index in [1.54, 1.807) is 0 Å². The largest absolute Gasteiger partial charge is 0.441 e. The molecular weight excluding hydrogens is 316 g/mol. The molecule has 0 aliphatic carbocycles. The second kappa shape index (κ2) is 7.36. The molecule has 0 bridgehead atoms. The fourth-order valence-corrected chi connectivity index (χ4v) is 4.01. The molecule has 1 spiro atoms. The van der Waals surface area contributed by atoms with Gasteiger partial charge in [-0.05, 0) is 12.8 Å². The molecule has 0 radical (unpaired) electrons. The number of hydrogen-bond donors (Lipinski definition) is 0. The van der Waals surface area contributed by atoms with Gasteiger partial charge in [0, 0.05) is 57.3 Å². The van der Waals surface area contributed by atoms with E-state index in [0.29, 0.717) is 5.92 Å². The maximum atomic E-state index is 12.3. The summed E-state index contributed by atoms with van der Waals surface area (Å²) in [7, 11) is 1.98. The monoisotopic (exact) mass is 348 g/mol. The van der Waals surface area contributed by atoms with E-state index in [9.17, 15) is 4.79 Å². The average Bonchev–Trinajstić information content (AvgIpc) is 3.08. The molecule has 140 valence electrons. The lowest BCUT2D eigenvalue weighted by Crippen LogP contribution is -2.46. The fourth-order valence-electron chi connectivity index (χ4n) is 4.01. The first-order chi connectivity index (χ1) is 12.0. The molecule has 1 aromatic heterocycles. The fraction of sp³-hybridized carbons (Fsp3) is 0.789. The quantitative estimate of drug-likeness (QED) is 0.793. The Labute approximate surface area is 151 Å². The van der Waals surface area contributed by atoms with E-state index >= 15 is 0 Å². The van der Waals surface area contributed by atoms with Gasteiger partial charge >= 0.3 is 6.09 Å². The van der Waals surface area contributed by atoms with Crippen molar-refractivity contribution >= 4 is 6.09 Å². The zero-order valence-electron chi connectivity index (χ0n) is 16.1. The lowest BCUT2D eigenvalue weighted by Gasteiger charge is -2.37. The zero-order chi connectivity index (χ0) is 18.0. The summed E-state index contributed by atoms with van der Waals surface area (Å²) >= 11 is 0. The van der Waals surface area contributed by atoms with Gasteiger partial charge in [0.15, 0.2) is 0 Å². The van der Waals surface area contributed by atoms with Crippen LogP contribution in [0, 0.1) is 12.8 Å². The van der Waals surface area contributed by atoms with Crippen molar-refractivity contribution in [3.8, 4) is 0 Å². The summed E-state index contributed by atoms with van der Waals surface area (Å²) in [6.07, 6.45) is 5.95. The first-order valence-electron chi connectivity index (χ1n) is 9.64. The summed E-state index contributed by atoms with van der Waals surface area (Å²) in [5.41, 5.74) is 2.25. The van der Waals surface area contributed by atoms with Crippen LogP contribution in [-0.4, -0.2) is 57.5 Å². The molecule has 1 aromatic rings. The highest BCUT2D eigenvalue weighted by Gasteiger charge is 2.47. The number of amides is 1. The van der Waals surface area contributed by atoms with Crippen molar-refractivity contribution in [3.05, 3.63) is 17.5 Å². The highest BCUT2D eigenvalue weighted by Crippen LogP contribution is 2.34. The maximum absolute atomic E-state index is 12.3. The second-order valence-electron chi connectivity index (χ2n) is 7.77. The van der Waals surface area contributed by atoms with Gasteiger partial charge in [-0.25, -0.2) is 4.79 Å². The van der Waals surface area contributed by atoms with Crippen molar-refractivity contribution in [3.63, 3.8) is 0 Å². The Morgan fingerprint density at radius 1 is 1.28 bits per heavy atom. The number of piperidine rings is 1. The van der Waals surface area contributed by atoms with Crippen LogP contribution in [0.15, 0.2) is 6.20 Å². The van der Waals surface area contributed by atoms with Crippen molar-refractivity contribution < 1.29 is 9.53 Å². The number of ether oxygens (including phenoxy) is 1. The van der Waals surface area contributed by atoms with Crippen molar-refractivity contribution in [2.75, 3.05) is 26.2 Å². The van der Waals surface area contributed by atoms with Gasteiger partial charge in [0.25, 0.3) is 0 Å². The maximum Gasteiger partial charge on any atom is 0.410 e. The number of aryl methyl sites for hydroxylation is 1. The summed E-state index contributed by atoms with van der Waals surface area (Å²) in [5, 5.41) is 4.33. The number of rotatable bonds is 6. The normalized spacial score (nSPS) is 20.7. The Hall–Kier alpha value is -1.56. The van der Waals surface area contributed by atoms with E-state index in [0.717, 1.165) is 58.4 Å². The number of hydrogen-bond acceptors (Lipinski definition) is 4. The lowest BCUT2D eigenvalue weighted by atomic mass is 9.90. The molecule has 1 amide bonds. The van der Waals surface area contributed by atoms with Crippen molar-refractivity contribution in [2.45, 2.75) is 58.6 Å². The molecule has 2 fully saturated rings. The molecule has 0 N–H and O–H groups in total. The Kier molecular flexibility index (Phi) is 5.37. The Morgan fingerprint density at radius 2 is 1.96 bits per heavy atom. The van der Waals surface area contributed by atoms with Crippen molar-refractivity contribution in [1.82, 2.24) is 19.6 Å². The molecule has 0 atom stereocenters. The van der Waals surface area contributed by atoms with Gasteiger partial charge < -0.3 is 9.64 Å². The van der Waals surface area contributed by atoms with Gasteiger partial charge in [0.1, 0.15) is 5.60 Å². The topological polar surface area (TPSA) is 50.6 Å². The van der Waals surface area contributed by atoms with Crippen LogP contribution >= 0.6 is 0 Å². The average molecular weight is 348 g/mol. The minimum atomic E-state index is -0.260. The molecule has 2 aliphatic rings. The van der Waals surface area contributed by atoms with E-state index < -0.39 is 0 Å². The van der Waals surface area contributed by atoms with Gasteiger partial charge in [-0.1, -0.05) is 26.7 Å². The molecule has 25 heavy (non-hydrogen) atoms. The van der Waals surface area contributed by atoms with Crippen LogP contribution in [0.5, 0.6) is 0 Å². The summed E-state index contributed by atoms with van der Waals surface area (Å²) in [4.78, 5) is 16.7. The Bertz CT molecular complexity index is 601. The van der Waals surface area contributed by atoms with Crippen LogP contribution in [0.4, 0.5) is 4.79 Å². The molecule has 0 aromatic carbocycles. The summed E-state index contributed by atoms with van der Waals surface area (Å²) < 4.78 is 7.79. The molecule has 0 unspecified atom stereocenters. The third-order valence-corrected chi connectivity index (χ3v) is 6.17. The smallest absolute Gasteiger partial charge is 0.410 e. The predicted octanol–water partition coefficient (Wildman–Crippen LogP) is 2.95. The van der Waals surface area contributed by atoms with Gasteiger partial charge in [-0.2, -0.15) is 5.10 Å². The number of carbonyl (C=O) groups is 1. The standard InChI is InChI=1S/C19H32N4O2/c1-5-16(6-2)12-23-14-19(25-18(23)24)7-9-22(10-8-19)13-17-11-20-21(4)15(17)3/h11,16H,5-10,12-14H2,1-4H3. The molecule has 6 nitrogen and oxygen atoms in total. The Balaban J connectivity index is 1.54. The SMILES string of the molecule is CCC(CC)CN1CC2(CCN(Cc3cnn(C)c3C)CC2)OC1=O. The van der Waals surface area contributed by atoms with E-state index in [2.05, 4.69) is 30.8 Å². The minimum absolute atomic E-state index is 0.108. The molecule has 6 heteroatoms. The zero-order valence-corrected chi connectivity index (χ0v) is 16.1. The molecule has 0 saturated carbocycles. The van der Waals surface area contributed by atoms with Crippen LogP contribution in [-0.2, 0) is 18.3 Å². The number of aromatic nitrogens is 2. The predicted molar refractivity (Wildman–Crippen MR) is 97.3 cm³/mol. The third kappa shape index (κ3) is 3.84. The van der Waals surface area contributed by atoms with E-state index in [1.807, 2.05) is 22.8 Å². The molecule has 3 heterocycles. The molecule has 2 aliphatic heterocycles.